The van der Waals surface area contributed by atoms with Crippen LogP contribution in [0.15, 0.2) is 18.3 Å². The van der Waals surface area contributed by atoms with Crippen LogP contribution in [0.4, 0.5) is 5.82 Å². The molecule has 0 aliphatic carbocycles. The summed E-state index contributed by atoms with van der Waals surface area (Å²) in [5.41, 5.74) is 0.668. The minimum atomic E-state index is 0.0743. The molecule has 110 valence electrons. The molecule has 0 radical (unpaired) electrons. The van der Waals surface area contributed by atoms with Gasteiger partial charge in [0.15, 0.2) is 0 Å². The van der Waals surface area contributed by atoms with Gasteiger partial charge in [-0.1, -0.05) is 6.92 Å². The molecule has 0 saturated carbocycles. The molecule has 1 N–H and O–H groups in total. The van der Waals surface area contributed by atoms with Crippen molar-refractivity contribution in [2.45, 2.75) is 19.9 Å². The number of hydrogen-bond donors (Lipinski definition) is 1. The molecular weight excluding hydrogens is 252 g/mol. The fraction of sp³-hybridized carbons (Fsp3) is 0.600. The molecule has 2 unspecified atom stereocenters. The van der Waals surface area contributed by atoms with Crippen molar-refractivity contribution in [1.82, 2.24) is 14.8 Å². The fourth-order valence-electron chi connectivity index (χ4n) is 2.84. The lowest BCUT2D eigenvalue weighted by Crippen LogP contribution is -2.36. The zero-order chi connectivity index (χ0) is 14.7. The van der Waals surface area contributed by atoms with Gasteiger partial charge in [0.25, 0.3) is 5.91 Å². The number of nitrogens with zero attached hydrogens (tertiary/aromatic N) is 3. The van der Waals surface area contributed by atoms with Crippen LogP contribution in [0, 0.1) is 5.92 Å². The van der Waals surface area contributed by atoms with E-state index in [2.05, 4.69) is 36.2 Å². The number of amides is 1. The second-order valence-electron chi connectivity index (χ2n) is 5.65. The summed E-state index contributed by atoms with van der Waals surface area (Å²) in [6.07, 6.45) is 1.71. The van der Waals surface area contributed by atoms with Gasteiger partial charge in [0.1, 0.15) is 5.82 Å². The summed E-state index contributed by atoms with van der Waals surface area (Å²) in [5, 5.41) is 3.16. The molecule has 20 heavy (non-hydrogen) atoms. The highest BCUT2D eigenvalue weighted by Crippen LogP contribution is 2.23. The van der Waals surface area contributed by atoms with Crippen molar-refractivity contribution in [3.8, 4) is 0 Å². The van der Waals surface area contributed by atoms with Crippen LogP contribution in [0.3, 0.4) is 0 Å². The molecular formula is C15H24N4O. The normalized spacial score (nSPS) is 22.4. The van der Waals surface area contributed by atoms with Gasteiger partial charge in [-0.15, -0.1) is 0 Å². The number of pyridine rings is 1. The molecule has 1 aromatic rings. The van der Waals surface area contributed by atoms with Gasteiger partial charge in [0.2, 0.25) is 0 Å². The second kappa shape index (κ2) is 6.22. The number of rotatable bonds is 4. The standard InChI is InChI=1S/C15H24N4O/c1-5-16-14-12(7-6-8-17-14)15(20)19-9-11(2)13(10-19)18(3)4/h6-8,11,13H,5,9-10H2,1-4H3,(H,16,17). The fourth-order valence-corrected chi connectivity index (χ4v) is 2.84. The van der Waals surface area contributed by atoms with E-state index in [1.165, 1.54) is 0 Å². The number of likely N-dealkylation sites (N-methyl/N-ethyl adjacent to an activating group) is 1. The Bertz CT molecular complexity index is 475. The Labute approximate surface area is 121 Å². The molecule has 2 atom stereocenters. The number of likely N-dealkylation sites (tertiary alicyclic amines) is 1. The first kappa shape index (κ1) is 14.8. The maximum Gasteiger partial charge on any atom is 0.257 e. The molecule has 1 saturated heterocycles. The van der Waals surface area contributed by atoms with Crippen LogP contribution in [0.1, 0.15) is 24.2 Å². The van der Waals surface area contributed by atoms with E-state index in [0.29, 0.717) is 23.3 Å². The number of aromatic nitrogens is 1. The Morgan fingerprint density at radius 1 is 1.50 bits per heavy atom. The summed E-state index contributed by atoms with van der Waals surface area (Å²) >= 11 is 0. The van der Waals surface area contributed by atoms with Gasteiger partial charge < -0.3 is 15.1 Å². The number of carbonyl (C=O) groups excluding carboxylic acids is 1. The lowest BCUT2D eigenvalue weighted by Gasteiger charge is -2.22. The van der Waals surface area contributed by atoms with Crippen LogP contribution in [0.2, 0.25) is 0 Å². The minimum absolute atomic E-state index is 0.0743. The van der Waals surface area contributed by atoms with E-state index >= 15 is 0 Å². The van der Waals surface area contributed by atoms with Crippen LogP contribution in [-0.4, -0.2) is 60.5 Å². The number of hydrogen-bond acceptors (Lipinski definition) is 4. The Hall–Kier alpha value is -1.62. The molecule has 0 aromatic carbocycles. The highest BCUT2D eigenvalue weighted by atomic mass is 16.2. The first-order chi connectivity index (χ1) is 9.54. The average molecular weight is 276 g/mol. The van der Waals surface area contributed by atoms with Crippen LogP contribution in [0.5, 0.6) is 0 Å². The summed E-state index contributed by atoms with van der Waals surface area (Å²) < 4.78 is 0. The first-order valence-electron chi connectivity index (χ1n) is 7.19. The van der Waals surface area contributed by atoms with Crippen molar-refractivity contribution in [1.29, 1.82) is 0 Å². The van der Waals surface area contributed by atoms with Gasteiger partial charge in [0.05, 0.1) is 5.56 Å². The van der Waals surface area contributed by atoms with E-state index < -0.39 is 0 Å². The third kappa shape index (κ3) is 2.93. The van der Waals surface area contributed by atoms with Crippen molar-refractivity contribution >= 4 is 11.7 Å². The summed E-state index contributed by atoms with van der Waals surface area (Å²) in [4.78, 5) is 21.1. The monoisotopic (exact) mass is 276 g/mol. The van der Waals surface area contributed by atoms with Crippen molar-refractivity contribution in [3.05, 3.63) is 23.9 Å². The van der Waals surface area contributed by atoms with Gasteiger partial charge in [-0.2, -0.15) is 0 Å². The topological polar surface area (TPSA) is 48.5 Å². The van der Waals surface area contributed by atoms with Gasteiger partial charge in [0, 0.05) is 31.9 Å². The van der Waals surface area contributed by atoms with Crippen molar-refractivity contribution in [2.75, 3.05) is 39.0 Å². The van der Waals surface area contributed by atoms with E-state index in [9.17, 15) is 4.79 Å². The molecule has 1 aliphatic heterocycles. The second-order valence-corrected chi connectivity index (χ2v) is 5.65. The molecule has 0 spiro atoms. The van der Waals surface area contributed by atoms with E-state index in [-0.39, 0.29) is 5.91 Å². The highest BCUT2D eigenvalue weighted by Gasteiger charge is 2.34. The Kier molecular flexibility index (Phi) is 4.60. The quantitative estimate of drug-likeness (QED) is 0.906. The number of carbonyl (C=O) groups is 1. The van der Waals surface area contributed by atoms with E-state index in [0.717, 1.165) is 19.6 Å². The van der Waals surface area contributed by atoms with E-state index in [1.807, 2.05) is 24.0 Å². The first-order valence-corrected chi connectivity index (χ1v) is 7.19. The predicted molar refractivity (Wildman–Crippen MR) is 80.9 cm³/mol. The molecule has 5 heteroatoms. The zero-order valence-corrected chi connectivity index (χ0v) is 12.8. The van der Waals surface area contributed by atoms with Crippen molar-refractivity contribution in [2.24, 2.45) is 5.92 Å². The molecule has 1 aromatic heterocycles. The summed E-state index contributed by atoms with van der Waals surface area (Å²) in [7, 11) is 4.15. The number of anilines is 1. The molecule has 2 rings (SSSR count). The van der Waals surface area contributed by atoms with Gasteiger partial charge in [-0.25, -0.2) is 4.98 Å². The van der Waals surface area contributed by atoms with Crippen LogP contribution in [0.25, 0.3) is 0 Å². The Balaban J connectivity index is 2.17. The lowest BCUT2D eigenvalue weighted by atomic mass is 10.1. The van der Waals surface area contributed by atoms with E-state index in [4.69, 9.17) is 0 Å². The molecule has 1 amide bonds. The highest BCUT2D eigenvalue weighted by molar-refractivity contribution is 5.98. The molecule has 1 aliphatic rings. The maximum absolute atomic E-state index is 12.7. The van der Waals surface area contributed by atoms with Crippen molar-refractivity contribution in [3.63, 3.8) is 0 Å². The smallest absolute Gasteiger partial charge is 0.257 e. The van der Waals surface area contributed by atoms with Gasteiger partial charge in [-0.05, 0) is 39.1 Å². The van der Waals surface area contributed by atoms with Crippen LogP contribution < -0.4 is 5.32 Å². The SMILES string of the molecule is CCNc1ncccc1C(=O)N1CC(C)C(N(C)C)C1. The third-order valence-electron chi connectivity index (χ3n) is 3.91. The van der Waals surface area contributed by atoms with E-state index in [1.54, 1.807) is 6.20 Å². The third-order valence-corrected chi connectivity index (χ3v) is 3.91. The molecule has 5 nitrogen and oxygen atoms in total. The summed E-state index contributed by atoms with van der Waals surface area (Å²) in [6, 6.07) is 4.09. The van der Waals surface area contributed by atoms with Crippen LogP contribution >= 0.6 is 0 Å². The predicted octanol–water partition coefficient (Wildman–Crippen LogP) is 1.54. The average Bonchev–Trinajstić information content (AvgIpc) is 2.81. The lowest BCUT2D eigenvalue weighted by molar-refractivity contribution is 0.0782. The Morgan fingerprint density at radius 2 is 2.25 bits per heavy atom. The van der Waals surface area contributed by atoms with Gasteiger partial charge in [-0.3, -0.25) is 4.79 Å². The Morgan fingerprint density at radius 3 is 2.85 bits per heavy atom. The van der Waals surface area contributed by atoms with Gasteiger partial charge >= 0.3 is 0 Å². The molecule has 0 bridgehead atoms. The summed E-state index contributed by atoms with van der Waals surface area (Å²) in [6.45, 7) is 6.55. The molecule has 1 fully saturated rings. The minimum Gasteiger partial charge on any atom is -0.370 e. The van der Waals surface area contributed by atoms with Crippen LogP contribution in [-0.2, 0) is 0 Å². The van der Waals surface area contributed by atoms with Crippen molar-refractivity contribution < 1.29 is 4.79 Å². The molecule has 2 heterocycles. The largest absolute Gasteiger partial charge is 0.370 e. The number of nitrogens with one attached hydrogen (secondary N) is 1. The zero-order valence-electron chi connectivity index (χ0n) is 12.8. The maximum atomic E-state index is 12.7. The summed E-state index contributed by atoms with van der Waals surface area (Å²) in [5.74, 6) is 1.25.